The van der Waals surface area contributed by atoms with Crippen molar-refractivity contribution in [3.63, 3.8) is 0 Å². The van der Waals surface area contributed by atoms with Gasteiger partial charge in [0.1, 0.15) is 6.10 Å². The highest BCUT2D eigenvalue weighted by atomic mass is 16.4. The summed E-state index contributed by atoms with van der Waals surface area (Å²) in [4.78, 5) is 15.5. The van der Waals surface area contributed by atoms with E-state index in [4.69, 9.17) is 0 Å². The maximum Gasteiger partial charge on any atom is 0.336 e. The van der Waals surface area contributed by atoms with Gasteiger partial charge in [-0.3, -0.25) is 0 Å². The Hall–Kier alpha value is -2.01. The maximum absolute atomic E-state index is 11.4. The first-order valence-corrected chi connectivity index (χ1v) is 8.71. The summed E-state index contributed by atoms with van der Waals surface area (Å²) in [6.45, 7) is 3.90. The lowest BCUT2D eigenvalue weighted by molar-refractivity contribution is 0.0690. The predicted molar refractivity (Wildman–Crippen MR) is 94.5 cm³/mol. The van der Waals surface area contributed by atoms with Crippen LogP contribution in [0.25, 0.3) is 0 Å². The Morgan fingerprint density at radius 2 is 1.92 bits per heavy atom. The molecule has 0 radical (unpaired) electrons. The molecule has 0 saturated heterocycles. The third kappa shape index (κ3) is 4.51. The SMILES string of the molecule is CCCCCCCN1C=C(C(O)c2ccccc2C(=O)O)N(C)C1. The third-order valence-corrected chi connectivity index (χ3v) is 4.46. The summed E-state index contributed by atoms with van der Waals surface area (Å²) in [5.41, 5.74) is 1.34. The first kappa shape index (κ1) is 18.3. The van der Waals surface area contributed by atoms with Crippen molar-refractivity contribution in [3.8, 4) is 0 Å². The van der Waals surface area contributed by atoms with E-state index in [0.717, 1.165) is 25.3 Å². The second-order valence-electron chi connectivity index (χ2n) is 6.41. The van der Waals surface area contributed by atoms with Crippen molar-refractivity contribution in [3.05, 3.63) is 47.3 Å². The zero-order chi connectivity index (χ0) is 17.5. The van der Waals surface area contributed by atoms with Crippen molar-refractivity contribution in [1.82, 2.24) is 9.80 Å². The van der Waals surface area contributed by atoms with E-state index < -0.39 is 12.1 Å². The van der Waals surface area contributed by atoms with E-state index in [1.807, 2.05) is 18.1 Å². The van der Waals surface area contributed by atoms with E-state index in [9.17, 15) is 15.0 Å². The molecule has 0 amide bonds. The Morgan fingerprint density at radius 1 is 1.21 bits per heavy atom. The van der Waals surface area contributed by atoms with Gasteiger partial charge in [0.15, 0.2) is 0 Å². The highest BCUT2D eigenvalue weighted by molar-refractivity contribution is 5.89. The zero-order valence-corrected chi connectivity index (χ0v) is 14.6. The van der Waals surface area contributed by atoms with Crippen molar-refractivity contribution in [2.45, 2.75) is 45.1 Å². The molecule has 1 aromatic rings. The van der Waals surface area contributed by atoms with Gasteiger partial charge >= 0.3 is 5.97 Å². The smallest absolute Gasteiger partial charge is 0.336 e. The van der Waals surface area contributed by atoms with Crippen molar-refractivity contribution < 1.29 is 15.0 Å². The molecule has 132 valence electrons. The number of carboxylic acid groups (broad SMARTS) is 1. The lowest BCUT2D eigenvalue weighted by Gasteiger charge is -2.22. The van der Waals surface area contributed by atoms with Gasteiger partial charge in [-0.1, -0.05) is 50.8 Å². The lowest BCUT2D eigenvalue weighted by atomic mass is 10.0. The Kier molecular flexibility index (Phi) is 6.67. The number of nitrogens with zero attached hydrogens (tertiary/aromatic N) is 2. The monoisotopic (exact) mass is 332 g/mol. The van der Waals surface area contributed by atoms with Gasteiger partial charge in [0.2, 0.25) is 0 Å². The van der Waals surface area contributed by atoms with Crippen LogP contribution in [0.3, 0.4) is 0 Å². The first-order valence-electron chi connectivity index (χ1n) is 8.71. The third-order valence-electron chi connectivity index (χ3n) is 4.46. The van der Waals surface area contributed by atoms with Gasteiger partial charge in [-0.2, -0.15) is 0 Å². The second-order valence-corrected chi connectivity index (χ2v) is 6.41. The quantitative estimate of drug-likeness (QED) is 0.678. The highest BCUT2D eigenvalue weighted by Crippen LogP contribution is 2.30. The summed E-state index contributed by atoms with van der Waals surface area (Å²) in [6, 6.07) is 6.64. The predicted octanol–water partition coefficient (Wildman–Crippen LogP) is 3.43. The van der Waals surface area contributed by atoms with Gasteiger partial charge in [-0.25, -0.2) is 4.79 Å². The summed E-state index contributed by atoms with van der Waals surface area (Å²) >= 11 is 0. The average molecular weight is 332 g/mol. The molecule has 0 aliphatic carbocycles. The minimum absolute atomic E-state index is 0.150. The number of aliphatic hydroxyl groups excluding tert-OH is 1. The number of aliphatic hydroxyl groups is 1. The van der Waals surface area contributed by atoms with Crippen molar-refractivity contribution in [2.24, 2.45) is 0 Å². The number of aromatic carboxylic acids is 1. The van der Waals surface area contributed by atoms with Gasteiger partial charge in [-0.15, -0.1) is 0 Å². The highest BCUT2D eigenvalue weighted by Gasteiger charge is 2.27. The van der Waals surface area contributed by atoms with Crippen LogP contribution < -0.4 is 0 Å². The molecule has 0 spiro atoms. The van der Waals surface area contributed by atoms with Crippen LogP contribution in [0.4, 0.5) is 0 Å². The van der Waals surface area contributed by atoms with Crippen molar-refractivity contribution >= 4 is 5.97 Å². The number of hydrogen-bond acceptors (Lipinski definition) is 4. The molecular formula is C19H28N2O3. The molecule has 1 aliphatic heterocycles. The minimum Gasteiger partial charge on any atom is -0.478 e. The second kappa shape index (κ2) is 8.73. The van der Waals surface area contributed by atoms with Crippen LogP contribution in [-0.4, -0.2) is 46.2 Å². The van der Waals surface area contributed by atoms with E-state index >= 15 is 0 Å². The Bertz CT molecular complexity index is 586. The molecule has 24 heavy (non-hydrogen) atoms. The Balaban J connectivity index is 2.02. The van der Waals surface area contributed by atoms with Gasteiger partial charge in [0, 0.05) is 25.4 Å². The minimum atomic E-state index is -1.02. The molecule has 2 N–H and O–H groups in total. The first-order chi connectivity index (χ1) is 11.5. The summed E-state index contributed by atoms with van der Waals surface area (Å²) in [5.74, 6) is -1.02. The van der Waals surface area contributed by atoms with Crippen molar-refractivity contribution in [2.75, 3.05) is 20.3 Å². The van der Waals surface area contributed by atoms with E-state index in [1.165, 1.54) is 31.7 Å². The van der Waals surface area contributed by atoms with Gasteiger partial charge in [0.25, 0.3) is 0 Å². The van der Waals surface area contributed by atoms with E-state index in [2.05, 4.69) is 11.8 Å². The summed E-state index contributed by atoms with van der Waals surface area (Å²) in [5, 5.41) is 20.0. The molecule has 1 unspecified atom stereocenters. The van der Waals surface area contributed by atoms with Crippen molar-refractivity contribution in [1.29, 1.82) is 0 Å². The molecule has 5 heteroatoms. The summed E-state index contributed by atoms with van der Waals surface area (Å²) < 4.78 is 0. The fourth-order valence-electron chi connectivity index (χ4n) is 3.10. The van der Waals surface area contributed by atoms with E-state index in [1.54, 1.807) is 18.2 Å². The van der Waals surface area contributed by atoms with Gasteiger partial charge in [-0.05, 0) is 12.5 Å². The van der Waals surface area contributed by atoms with Gasteiger partial charge in [0.05, 0.1) is 17.9 Å². The largest absolute Gasteiger partial charge is 0.478 e. The van der Waals surface area contributed by atoms with E-state index in [0.29, 0.717) is 5.56 Å². The molecule has 1 atom stereocenters. The molecule has 1 aromatic carbocycles. The van der Waals surface area contributed by atoms with Crippen LogP contribution in [0.2, 0.25) is 0 Å². The fraction of sp³-hybridized carbons (Fsp3) is 0.526. The number of likely N-dealkylation sites (N-methyl/N-ethyl adjacent to an activating group) is 1. The molecule has 5 nitrogen and oxygen atoms in total. The summed E-state index contributed by atoms with van der Waals surface area (Å²) in [6.07, 6.45) is 7.19. The topological polar surface area (TPSA) is 64.0 Å². The standard InChI is InChI=1S/C19H28N2O3/c1-3-4-5-6-9-12-21-13-17(20(2)14-21)18(22)15-10-7-8-11-16(15)19(23)24/h7-8,10-11,13,18,22H,3-6,9,12,14H2,1-2H3,(H,23,24). The molecule has 0 saturated carbocycles. The molecule has 0 bridgehead atoms. The number of carboxylic acids is 1. The lowest BCUT2D eigenvalue weighted by Crippen LogP contribution is -2.26. The number of rotatable bonds is 9. The maximum atomic E-state index is 11.4. The number of unbranched alkanes of at least 4 members (excludes halogenated alkanes) is 4. The van der Waals surface area contributed by atoms with Crippen LogP contribution in [0.15, 0.2) is 36.2 Å². The average Bonchev–Trinajstić information content (AvgIpc) is 2.94. The van der Waals surface area contributed by atoms with Crippen LogP contribution in [0.5, 0.6) is 0 Å². The van der Waals surface area contributed by atoms with Crippen LogP contribution in [0, 0.1) is 0 Å². The zero-order valence-electron chi connectivity index (χ0n) is 14.6. The number of carbonyl (C=O) groups is 1. The number of benzene rings is 1. The normalized spacial score (nSPS) is 15.5. The fourth-order valence-corrected chi connectivity index (χ4v) is 3.10. The molecule has 1 heterocycles. The Labute approximate surface area is 144 Å². The Morgan fingerprint density at radius 3 is 2.62 bits per heavy atom. The van der Waals surface area contributed by atoms with Crippen LogP contribution in [0.1, 0.15) is 61.1 Å². The molecule has 0 aromatic heterocycles. The molecular weight excluding hydrogens is 304 g/mol. The van der Waals surface area contributed by atoms with Crippen LogP contribution in [-0.2, 0) is 0 Å². The molecule has 1 aliphatic rings. The van der Waals surface area contributed by atoms with Gasteiger partial charge < -0.3 is 20.0 Å². The summed E-state index contributed by atoms with van der Waals surface area (Å²) in [7, 11) is 1.93. The van der Waals surface area contributed by atoms with Crippen LogP contribution >= 0.6 is 0 Å². The molecule has 0 fully saturated rings. The number of hydrogen-bond donors (Lipinski definition) is 2. The van der Waals surface area contributed by atoms with E-state index in [-0.39, 0.29) is 5.56 Å². The molecule has 2 rings (SSSR count).